The van der Waals surface area contributed by atoms with Crippen LogP contribution in [-0.4, -0.2) is 52.9 Å². The third-order valence-corrected chi connectivity index (χ3v) is 2.15. The van der Waals surface area contributed by atoms with Gasteiger partial charge in [0.05, 0.1) is 6.54 Å². The van der Waals surface area contributed by atoms with Crippen molar-refractivity contribution < 1.29 is 24.6 Å². The Kier molecular flexibility index (Phi) is 6.11. The molecule has 2 unspecified atom stereocenters. The van der Waals surface area contributed by atoms with Gasteiger partial charge < -0.3 is 26.2 Å². The summed E-state index contributed by atoms with van der Waals surface area (Å²) in [4.78, 5) is 33.2. The molecular weight excluding hydrogens is 242 g/mol. The normalized spacial score (nSPS) is 15.1. The Balaban J connectivity index is 4.13. The molecule has 3 amide bonds. The highest BCUT2D eigenvalue weighted by Gasteiger charge is 2.30. The van der Waals surface area contributed by atoms with Crippen LogP contribution >= 0.6 is 0 Å². The maximum Gasteiger partial charge on any atom is 0.337 e. The van der Waals surface area contributed by atoms with Crippen LogP contribution < -0.4 is 16.0 Å². The number of amides is 3. The predicted octanol–water partition coefficient (Wildman–Crippen LogP) is -1.35. The van der Waals surface area contributed by atoms with Crippen molar-refractivity contribution in [2.24, 2.45) is 0 Å². The fourth-order valence-corrected chi connectivity index (χ4v) is 0.969. The van der Waals surface area contributed by atoms with Gasteiger partial charge in [0.1, 0.15) is 6.04 Å². The highest BCUT2D eigenvalue weighted by atomic mass is 16.4. The quantitative estimate of drug-likeness (QED) is 0.404. The Morgan fingerprint density at radius 3 is 2.28 bits per heavy atom. The Bertz CT molecular complexity index is 329. The van der Waals surface area contributed by atoms with E-state index in [0.29, 0.717) is 6.54 Å². The summed E-state index contributed by atoms with van der Waals surface area (Å²) in [5.41, 5.74) is -2.05. The van der Waals surface area contributed by atoms with Gasteiger partial charge in [-0.1, -0.05) is 0 Å². The van der Waals surface area contributed by atoms with Crippen LogP contribution in [0.2, 0.25) is 0 Å². The lowest BCUT2D eigenvalue weighted by molar-refractivity contribution is -0.155. The number of carbonyl (C=O) groups is 3. The minimum absolute atomic E-state index is 0.349. The first-order valence-electron chi connectivity index (χ1n) is 5.48. The fourth-order valence-electron chi connectivity index (χ4n) is 0.969. The van der Waals surface area contributed by atoms with Gasteiger partial charge in [-0.3, -0.25) is 4.79 Å². The van der Waals surface area contributed by atoms with E-state index in [1.807, 2.05) is 0 Å². The van der Waals surface area contributed by atoms with Crippen molar-refractivity contribution in [3.63, 3.8) is 0 Å². The second kappa shape index (κ2) is 6.80. The summed E-state index contributed by atoms with van der Waals surface area (Å²) in [5.74, 6) is -1.79. The number of aliphatic hydroxyl groups is 1. The summed E-state index contributed by atoms with van der Waals surface area (Å²) in [6, 6.07) is -1.48. The zero-order valence-corrected chi connectivity index (χ0v) is 10.6. The molecule has 0 aromatic carbocycles. The summed E-state index contributed by atoms with van der Waals surface area (Å²) < 4.78 is 0. The summed E-state index contributed by atoms with van der Waals surface area (Å²) in [7, 11) is 0. The van der Waals surface area contributed by atoms with Crippen molar-refractivity contribution in [3.05, 3.63) is 0 Å². The highest BCUT2D eigenvalue weighted by Crippen LogP contribution is 2.00. The number of carboxylic acids is 1. The van der Waals surface area contributed by atoms with E-state index in [1.54, 1.807) is 6.92 Å². The first-order valence-corrected chi connectivity index (χ1v) is 5.48. The van der Waals surface area contributed by atoms with Gasteiger partial charge in [0.2, 0.25) is 5.91 Å². The van der Waals surface area contributed by atoms with E-state index in [1.165, 1.54) is 6.92 Å². The van der Waals surface area contributed by atoms with Gasteiger partial charge in [-0.2, -0.15) is 0 Å². The van der Waals surface area contributed by atoms with Crippen molar-refractivity contribution in [1.29, 1.82) is 0 Å². The monoisotopic (exact) mass is 261 g/mol. The van der Waals surface area contributed by atoms with Crippen molar-refractivity contribution >= 4 is 17.9 Å². The first kappa shape index (κ1) is 16.2. The second-order valence-corrected chi connectivity index (χ2v) is 4.02. The number of hydrogen-bond donors (Lipinski definition) is 5. The predicted molar refractivity (Wildman–Crippen MR) is 62.9 cm³/mol. The summed E-state index contributed by atoms with van der Waals surface area (Å²) >= 11 is 0. The number of likely N-dealkylation sites (N-methyl/N-ethyl adjacent to an activating group) is 1. The van der Waals surface area contributed by atoms with E-state index >= 15 is 0 Å². The zero-order chi connectivity index (χ0) is 14.3. The molecule has 0 spiro atoms. The standard InChI is InChI=1S/C10H19N3O5/c1-4-11-7(14)6(2)13-9(17)12-5-10(3,18)8(15)16/h6,18H,4-5H2,1-3H3,(H,11,14)(H,15,16)(H2,12,13,17). The van der Waals surface area contributed by atoms with Crippen LogP contribution in [0, 0.1) is 0 Å². The van der Waals surface area contributed by atoms with Crippen LogP contribution in [0.15, 0.2) is 0 Å². The molecule has 0 aliphatic heterocycles. The fraction of sp³-hybridized carbons (Fsp3) is 0.700. The van der Waals surface area contributed by atoms with Gasteiger partial charge in [-0.15, -0.1) is 0 Å². The molecule has 8 heteroatoms. The van der Waals surface area contributed by atoms with Crippen molar-refractivity contribution in [2.45, 2.75) is 32.4 Å². The van der Waals surface area contributed by atoms with Crippen LogP contribution in [0.25, 0.3) is 0 Å². The molecule has 0 rings (SSSR count). The SMILES string of the molecule is CCNC(=O)C(C)NC(=O)NCC(C)(O)C(=O)O. The number of carboxylic acid groups (broad SMARTS) is 1. The molecule has 0 fully saturated rings. The topological polar surface area (TPSA) is 128 Å². The van der Waals surface area contributed by atoms with E-state index < -0.39 is 30.2 Å². The van der Waals surface area contributed by atoms with E-state index in [2.05, 4.69) is 16.0 Å². The van der Waals surface area contributed by atoms with E-state index in [-0.39, 0.29) is 5.91 Å². The third kappa shape index (κ3) is 5.48. The van der Waals surface area contributed by atoms with Gasteiger partial charge in [-0.25, -0.2) is 9.59 Å². The molecule has 5 N–H and O–H groups in total. The number of carbonyl (C=O) groups excluding carboxylic acids is 2. The number of aliphatic carboxylic acids is 1. The lowest BCUT2D eigenvalue weighted by Gasteiger charge is -2.19. The van der Waals surface area contributed by atoms with Crippen molar-refractivity contribution in [3.8, 4) is 0 Å². The van der Waals surface area contributed by atoms with Crippen LogP contribution in [-0.2, 0) is 9.59 Å². The molecule has 0 saturated heterocycles. The average molecular weight is 261 g/mol. The van der Waals surface area contributed by atoms with E-state index in [9.17, 15) is 19.5 Å². The minimum Gasteiger partial charge on any atom is -0.479 e. The molecule has 2 atom stereocenters. The van der Waals surface area contributed by atoms with Crippen LogP contribution in [0.1, 0.15) is 20.8 Å². The lowest BCUT2D eigenvalue weighted by Crippen LogP contribution is -2.53. The number of urea groups is 1. The van der Waals surface area contributed by atoms with E-state index in [0.717, 1.165) is 6.92 Å². The molecule has 0 aromatic rings. The van der Waals surface area contributed by atoms with E-state index in [4.69, 9.17) is 5.11 Å². The Morgan fingerprint density at radius 1 is 1.28 bits per heavy atom. The maximum atomic E-state index is 11.3. The lowest BCUT2D eigenvalue weighted by atomic mass is 10.1. The Hall–Kier alpha value is -1.83. The first-order chi connectivity index (χ1) is 8.20. The smallest absolute Gasteiger partial charge is 0.337 e. The van der Waals surface area contributed by atoms with Crippen molar-refractivity contribution in [2.75, 3.05) is 13.1 Å². The Labute approximate surface area is 105 Å². The van der Waals surface area contributed by atoms with Crippen LogP contribution in [0.3, 0.4) is 0 Å². The molecule has 0 saturated carbocycles. The molecule has 0 radical (unpaired) electrons. The Morgan fingerprint density at radius 2 is 1.83 bits per heavy atom. The number of hydrogen-bond acceptors (Lipinski definition) is 4. The van der Waals surface area contributed by atoms with Crippen molar-refractivity contribution in [1.82, 2.24) is 16.0 Å². The molecule has 18 heavy (non-hydrogen) atoms. The summed E-state index contributed by atoms with van der Waals surface area (Å²) in [5, 5.41) is 25.0. The van der Waals surface area contributed by atoms with Gasteiger partial charge in [0.15, 0.2) is 5.60 Å². The maximum absolute atomic E-state index is 11.3. The molecule has 0 aliphatic carbocycles. The molecule has 0 heterocycles. The van der Waals surface area contributed by atoms with Crippen LogP contribution in [0.5, 0.6) is 0 Å². The molecular formula is C10H19N3O5. The molecule has 0 bridgehead atoms. The second-order valence-electron chi connectivity index (χ2n) is 4.02. The third-order valence-electron chi connectivity index (χ3n) is 2.15. The van der Waals surface area contributed by atoms with Gasteiger partial charge in [0.25, 0.3) is 0 Å². The number of nitrogens with one attached hydrogen (secondary N) is 3. The molecule has 0 aliphatic rings. The summed E-state index contributed by atoms with van der Waals surface area (Å²) in [6.07, 6.45) is 0. The van der Waals surface area contributed by atoms with Gasteiger partial charge in [-0.05, 0) is 20.8 Å². The van der Waals surface area contributed by atoms with Gasteiger partial charge in [0, 0.05) is 6.54 Å². The average Bonchev–Trinajstić information content (AvgIpc) is 2.26. The largest absolute Gasteiger partial charge is 0.479 e. The van der Waals surface area contributed by atoms with Gasteiger partial charge >= 0.3 is 12.0 Å². The molecule has 0 aromatic heterocycles. The van der Waals surface area contributed by atoms with Crippen LogP contribution in [0.4, 0.5) is 4.79 Å². The molecule has 8 nitrogen and oxygen atoms in total. The minimum atomic E-state index is -2.05. The molecule has 104 valence electrons. The highest BCUT2D eigenvalue weighted by molar-refractivity contribution is 5.87. The number of rotatable bonds is 6. The zero-order valence-electron chi connectivity index (χ0n) is 10.6. The summed E-state index contributed by atoms with van der Waals surface area (Å²) in [6.45, 7) is 4.27.